The van der Waals surface area contributed by atoms with Gasteiger partial charge in [-0.1, -0.05) is 6.42 Å². The highest BCUT2D eigenvalue weighted by atomic mass is 32.2. The smallest absolute Gasteiger partial charge is 0.410 e. The number of nitrogens with zero attached hydrogens (tertiary/aromatic N) is 2. The predicted molar refractivity (Wildman–Crippen MR) is 104 cm³/mol. The summed E-state index contributed by atoms with van der Waals surface area (Å²) < 4.78 is 29.2. The highest BCUT2D eigenvalue weighted by molar-refractivity contribution is 7.80. The molecule has 0 spiro atoms. The Bertz CT molecular complexity index is 721. The van der Waals surface area contributed by atoms with Crippen molar-refractivity contribution in [3.8, 4) is 0 Å². The number of rotatable bonds is 4. The maximum Gasteiger partial charge on any atom is 0.410 e. The molecule has 154 valence electrons. The minimum absolute atomic E-state index is 0.0202. The molecule has 1 aromatic rings. The summed E-state index contributed by atoms with van der Waals surface area (Å²) in [4.78, 5) is 28.6. The van der Waals surface area contributed by atoms with Crippen LogP contribution in [-0.2, 0) is 16.0 Å². The van der Waals surface area contributed by atoms with E-state index in [1.54, 1.807) is 34.1 Å². The van der Waals surface area contributed by atoms with Gasteiger partial charge in [0.15, 0.2) is 0 Å². The van der Waals surface area contributed by atoms with Crippen LogP contribution in [0.15, 0.2) is 24.3 Å². The van der Waals surface area contributed by atoms with Crippen LogP contribution in [0.5, 0.6) is 0 Å². The van der Waals surface area contributed by atoms with Gasteiger partial charge in [0.25, 0.3) is 5.91 Å². The van der Waals surface area contributed by atoms with Crippen molar-refractivity contribution in [1.82, 2.24) is 9.80 Å². The summed E-state index contributed by atoms with van der Waals surface area (Å²) in [5, 5.41) is 0. The van der Waals surface area contributed by atoms with Gasteiger partial charge >= 0.3 is 6.09 Å². The van der Waals surface area contributed by atoms with Crippen LogP contribution in [0.2, 0.25) is 0 Å². The zero-order valence-electron chi connectivity index (χ0n) is 16.0. The maximum absolute atomic E-state index is 12.8. The fraction of sp³-hybridized carbons (Fsp3) is 0.579. The molecule has 2 amide bonds. The molecule has 0 bridgehead atoms. The summed E-state index contributed by atoms with van der Waals surface area (Å²) in [7, 11) is 0. The number of carbonyl (C=O) groups is 2. The summed E-state index contributed by atoms with van der Waals surface area (Å²) in [5.74, 6) is -0.136. The summed E-state index contributed by atoms with van der Waals surface area (Å²) in [6, 6.07) is 6.14. The van der Waals surface area contributed by atoms with Gasteiger partial charge in [-0.2, -0.15) is 0 Å². The molecule has 1 unspecified atom stereocenters. The molecule has 8 nitrogen and oxygen atoms in total. The van der Waals surface area contributed by atoms with Crippen LogP contribution >= 0.6 is 0 Å². The van der Waals surface area contributed by atoms with E-state index in [-0.39, 0.29) is 24.1 Å². The quantitative estimate of drug-likeness (QED) is 0.771. The molecule has 1 N–H and O–H groups in total. The molecule has 1 saturated heterocycles. The van der Waals surface area contributed by atoms with E-state index >= 15 is 0 Å². The van der Waals surface area contributed by atoms with E-state index in [9.17, 15) is 18.4 Å². The first kappa shape index (κ1) is 20.6. The molecule has 3 rings (SSSR count). The highest BCUT2D eigenvalue weighted by Crippen LogP contribution is 2.22. The van der Waals surface area contributed by atoms with Gasteiger partial charge in [0.05, 0.1) is 0 Å². The molecular weight excluding hydrogens is 382 g/mol. The molecule has 0 aromatic heterocycles. The van der Waals surface area contributed by atoms with Crippen LogP contribution in [-0.4, -0.2) is 62.3 Å². The fourth-order valence-corrected chi connectivity index (χ4v) is 4.10. The Morgan fingerprint density at radius 1 is 1.14 bits per heavy atom. The van der Waals surface area contributed by atoms with Gasteiger partial charge in [-0.15, -0.1) is 0 Å². The topological polar surface area (TPSA) is 102 Å². The molecule has 0 radical (unpaired) electrons. The Labute approximate surface area is 167 Å². The minimum atomic E-state index is -2.40. The number of hydrogen-bond donors (Lipinski definition) is 1. The molecule has 1 aliphatic heterocycles. The van der Waals surface area contributed by atoms with E-state index in [0.29, 0.717) is 30.9 Å². The second-order valence-corrected chi connectivity index (χ2v) is 8.03. The molecule has 2 aliphatic rings. The van der Waals surface area contributed by atoms with Crippen molar-refractivity contribution in [3.05, 3.63) is 29.8 Å². The molecule has 9 heteroatoms. The Kier molecular flexibility index (Phi) is 6.90. The second kappa shape index (κ2) is 9.38. The lowest BCUT2D eigenvalue weighted by Gasteiger charge is -2.40. The first-order valence-electron chi connectivity index (χ1n) is 9.66. The van der Waals surface area contributed by atoms with Crippen molar-refractivity contribution in [2.75, 3.05) is 24.4 Å². The van der Waals surface area contributed by atoms with Crippen LogP contribution in [0.25, 0.3) is 0 Å². The van der Waals surface area contributed by atoms with E-state index in [4.69, 9.17) is 4.74 Å². The standard InChI is InChI=1S/C19H27N3O5S/c1-14-13-21(19(24)27-17-5-3-2-4-6-17)11-12-22(14)18(23)15-7-9-16(10-8-15)20-28(25)26/h7-10,14,17,20H,2-6,11-13H2,1H3,(H,25,26)/p-1/t14-/m1/s1. The molecular formula is C19H26N3O5S-. The monoisotopic (exact) mass is 408 g/mol. The van der Waals surface area contributed by atoms with Crippen LogP contribution in [0.4, 0.5) is 10.5 Å². The number of nitrogens with one attached hydrogen (secondary N) is 1. The Morgan fingerprint density at radius 3 is 2.43 bits per heavy atom. The third-order valence-corrected chi connectivity index (χ3v) is 5.70. The van der Waals surface area contributed by atoms with Gasteiger partial charge in [0, 0.05) is 48.2 Å². The van der Waals surface area contributed by atoms with E-state index in [1.165, 1.54) is 6.42 Å². The van der Waals surface area contributed by atoms with Crippen molar-refractivity contribution in [2.24, 2.45) is 0 Å². The molecule has 2 atom stereocenters. The van der Waals surface area contributed by atoms with Gasteiger partial charge < -0.3 is 23.8 Å². The normalized spacial score (nSPS) is 21.9. The lowest BCUT2D eigenvalue weighted by atomic mass is 9.98. The number of carbonyl (C=O) groups excluding carboxylic acids is 2. The Balaban J connectivity index is 1.54. The van der Waals surface area contributed by atoms with Gasteiger partial charge in [-0.3, -0.25) is 9.00 Å². The summed E-state index contributed by atoms with van der Waals surface area (Å²) in [6.07, 6.45) is 5.02. The lowest BCUT2D eigenvalue weighted by Crippen LogP contribution is -2.55. The number of piperazine rings is 1. The molecule has 28 heavy (non-hydrogen) atoms. The first-order chi connectivity index (χ1) is 13.4. The highest BCUT2D eigenvalue weighted by Gasteiger charge is 2.32. The van der Waals surface area contributed by atoms with Gasteiger partial charge in [0.2, 0.25) is 0 Å². The van der Waals surface area contributed by atoms with E-state index < -0.39 is 11.3 Å². The van der Waals surface area contributed by atoms with E-state index in [1.807, 2.05) is 6.92 Å². The molecule has 1 aromatic carbocycles. The maximum atomic E-state index is 12.8. The molecule has 1 saturated carbocycles. The number of benzene rings is 1. The van der Waals surface area contributed by atoms with Crippen LogP contribution in [0, 0.1) is 0 Å². The number of amides is 2. The third-order valence-electron chi connectivity index (χ3n) is 5.30. The number of hydrogen-bond acceptors (Lipinski definition) is 5. The third kappa shape index (κ3) is 5.23. The van der Waals surface area contributed by atoms with Crippen LogP contribution in [0.3, 0.4) is 0 Å². The molecule has 2 fully saturated rings. The van der Waals surface area contributed by atoms with Crippen LogP contribution < -0.4 is 4.72 Å². The Hall–Kier alpha value is -2.13. The van der Waals surface area contributed by atoms with E-state index in [2.05, 4.69) is 4.72 Å². The second-order valence-electron chi connectivity index (χ2n) is 7.35. The van der Waals surface area contributed by atoms with Crippen molar-refractivity contribution in [3.63, 3.8) is 0 Å². The van der Waals surface area contributed by atoms with Crippen molar-refractivity contribution < 1.29 is 23.1 Å². The predicted octanol–water partition coefficient (Wildman–Crippen LogP) is 2.51. The summed E-state index contributed by atoms with van der Waals surface area (Å²) in [5.41, 5.74) is 0.875. The number of ether oxygens (including phenoxy) is 1. The van der Waals surface area contributed by atoms with Crippen molar-refractivity contribution in [1.29, 1.82) is 0 Å². The Morgan fingerprint density at radius 2 is 1.82 bits per heavy atom. The summed E-state index contributed by atoms with van der Waals surface area (Å²) >= 11 is -2.40. The van der Waals surface area contributed by atoms with Crippen LogP contribution in [0.1, 0.15) is 49.4 Å². The summed E-state index contributed by atoms with van der Waals surface area (Å²) in [6.45, 7) is 3.22. The largest absolute Gasteiger partial charge is 0.755 e. The van der Waals surface area contributed by atoms with Gasteiger partial charge in [0.1, 0.15) is 6.10 Å². The average Bonchev–Trinajstić information content (AvgIpc) is 2.68. The minimum Gasteiger partial charge on any atom is -0.755 e. The first-order valence-corrected chi connectivity index (χ1v) is 10.7. The zero-order chi connectivity index (χ0) is 20.1. The molecule has 1 heterocycles. The lowest BCUT2D eigenvalue weighted by molar-refractivity contribution is 0.0203. The SMILES string of the molecule is C[C@@H]1CN(C(=O)OC2CCCCC2)CCN1C(=O)c1ccc(NS(=O)[O-])cc1. The number of anilines is 1. The average molecular weight is 408 g/mol. The van der Waals surface area contributed by atoms with E-state index in [0.717, 1.165) is 25.7 Å². The van der Waals surface area contributed by atoms with Crippen molar-refractivity contribution in [2.45, 2.75) is 51.2 Å². The molecule has 1 aliphatic carbocycles. The fourth-order valence-electron chi connectivity index (χ4n) is 3.77. The van der Waals surface area contributed by atoms with Gasteiger partial charge in [-0.05, 0) is 56.9 Å². The van der Waals surface area contributed by atoms with Crippen molar-refractivity contribution >= 4 is 29.0 Å². The van der Waals surface area contributed by atoms with Gasteiger partial charge in [-0.25, -0.2) is 4.79 Å². The zero-order valence-corrected chi connectivity index (χ0v) is 16.8.